The Balaban J connectivity index is 0.000000671. The number of ether oxygens (including phenoxy) is 2. The second-order valence-electron chi connectivity index (χ2n) is 1.84. The van der Waals surface area contributed by atoms with Crippen molar-refractivity contribution in [3.63, 3.8) is 0 Å². The van der Waals surface area contributed by atoms with Crippen LogP contribution in [0.1, 0.15) is 20.8 Å². The van der Waals surface area contributed by atoms with E-state index in [0.29, 0.717) is 18.4 Å². The summed E-state index contributed by atoms with van der Waals surface area (Å²) in [5.41, 5.74) is 0. The molecule has 1 aromatic heterocycles. The first-order chi connectivity index (χ1) is 6.36. The zero-order valence-electron chi connectivity index (χ0n) is 8.57. The topological polar surface area (TPSA) is 44.2 Å². The Bertz CT molecular complexity index is 211. The van der Waals surface area contributed by atoms with Crippen LogP contribution < -0.4 is 9.47 Å². The molecule has 0 bridgehead atoms. The maximum atomic E-state index is 5.03. The van der Waals surface area contributed by atoms with Gasteiger partial charge in [0.25, 0.3) is 0 Å². The van der Waals surface area contributed by atoms with Gasteiger partial charge < -0.3 is 9.47 Å². The summed E-state index contributed by atoms with van der Waals surface area (Å²) in [7, 11) is 1.57. The molecule has 13 heavy (non-hydrogen) atoms. The summed E-state index contributed by atoms with van der Waals surface area (Å²) in [5.74, 6) is 0.633. The minimum Gasteiger partial charge on any atom is -0.494 e. The smallest absolute Gasteiger partial charge is 0.316 e. The van der Waals surface area contributed by atoms with E-state index in [0.717, 1.165) is 0 Å². The second kappa shape index (κ2) is 7.34. The zero-order valence-corrected chi connectivity index (χ0v) is 8.57. The molecule has 0 amide bonds. The average Bonchev–Trinajstić information content (AvgIpc) is 2.23. The third kappa shape index (κ3) is 4.30. The first-order valence-corrected chi connectivity index (χ1v) is 4.35. The van der Waals surface area contributed by atoms with Crippen molar-refractivity contribution < 1.29 is 9.47 Å². The van der Waals surface area contributed by atoms with Crippen LogP contribution in [0.15, 0.2) is 12.4 Å². The summed E-state index contributed by atoms with van der Waals surface area (Å²) in [4.78, 5) is 7.76. The number of nitrogens with zero attached hydrogens (tertiary/aromatic N) is 2. The highest BCUT2D eigenvalue weighted by atomic mass is 16.5. The van der Waals surface area contributed by atoms with Gasteiger partial charge in [-0.2, -0.15) is 9.97 Å². The average molecular weight is 184 g/mol. The summed E-state index contributed by atoms with van der Waals surface area (Å²) >= 11 is 0. The summed E-state index contributed by atoms with van der Waals surface area (Å²) in [6.45, 7) is 6.46. The van der Waals surface area contributed by atoms with E-state index in [1.54, 1.807) is 19.5 Å². The van der Waals surface area contributed by atoms with Gasteiger partial charge in [-0.3, -0.25) is 0 Å². The standard InChI is InChI=1S/C7H10N2O2.C2H6/c1-3-11-7-8-4-6(10-2)5-9-7;1-2/h4-5H,3H2,1-2H3;1-2H3. The molecule has 0 spiro atoms. The molecule has 0 aliphatic heterocycles. The van der Waals surface area contributed by atoms with Crippen molar-refractivity contribution in [2.45, 2.75) is 20.8 Å². The first kappa shape index (κ1) is 11.7. The van der Waals surface area contributed by atoms with E-state index in [9.17, 15) is 0 Å². The Morgan fingerprint density at radius 1 is 1.23 bits per heavy atom. The van der Waals surface area contributed by atoms with Crippen LogP contribution in [0.2, 0.25) is 0 Å². The van der Waals surface area contributed by atoms with Crippen LogP contribution >= 0.6 is 0 Å². The van der Waals surface area contributed by atoms with Crippen molar-refractivity contribution in [3.05, 3.63) is 12.4 Å². The van der Waals surface area contributed by atoms with Gasteiger partial charge in [0.15, 0.2) is 5.75 Å². The molecule has 0 saturated carbocycles. The fraction of sp³-hybridized carbons (Fsp3) is 0.556. The van der Waals surface area contributed by atoms with Gasteiger partial charge >= 0.3 is 6.01 Å². The summed E-state index contributed by atoms with van der Waals surface area (Å²) in [6.07, 6.45) is 3.13. The molecule has 1 rings (SSSR count). The van der Waals surface area contributed by atoms with Crippen LogP contribution in [0.4, 0.5) is 0 Å². The van der Waals surface area contributed by atoms with E-state index in [1.165, 1.54) is 0 Å². The normalized spacial score (nSPS) is 8.31. The molecular formula is C9H16N2O2. The highest BCUT2D eigenvalue weighted by molar-refractivity contribution is 5.13. The van der Waals surface area contributed by atoms with E-state index in [1.807, 2.05) is 20.8 Å². The van der Waals surface area contributed by atoms with Gasteiger partial charge in [-0.25, -0.2) is 0 Å². The van der Waals surface area contributed by atoms with Gasteiger partial charge in [0.1, 0.15) is 0 Å². The van der Waals surface area contributed by atoms with Crippen molar-refractivity contribution in [1.82, 2.24) is 9.97 Å². The minimum absolute atomic E-state index is 0.383. The Morgan fingerprint density at radius 3 is 2.15 bits per heavy atom. The lowest BCUT2D eigenvalue weighted by atomic mass is 10.6. The fourth-order valence-corrected chi connectivity index (χ4v) is 0.613. The molecule has 1 heterocycles. The van der Waals surface area contributed by atoms with Gasteiger partial charge in [0.05, 0.1) is 26.1 Å². The third-order valence-corrected chi connectivity index (χ3v) is 1.11. The lowest BCUT2D eigenvalue weighted by molar-refractivity contribution is 0.309. The maximum Gasteiger partial charge on any atom is 0.316 e. The summed E-state index contributed by atoms with van der Waals surface area (Å²) in [5, 5.41) is 0. The van der Waals surface area contributed by atoms with Gasteiger partial charge in [-0.1, -0.05) is 13.8 Å². The van der Waals surface area contributed by atoms with Gasteiger partial charge in [0.2, 0.25) is 0 Å². The van der Waals surface area contributed by atoms with Crippen LogP contribution in [0.3, 0.4) is 0 Å². The van der Waals surface area contributed by atoms with E-state index >= 15 is 0 Å². The molecule has 0 saturated heterocycles. The zero-order chi connectivity index (χ0) is 10.1. The molecule has 0 atom stereocenters. The van der Waals surface area contributed by atoms with Gasteiger partial charge in [-0.15, -0.1) is 0 Å². The van der Waals surface area contributed by atoms with Crippen LogP contribution in [0.5, 0.6) is 11.8 Å². The SMILES string of the molecule is CC.CCOc1ncc(OC)cn1. The van der Waals surface area contributed by atoms with E-state index < -0.39 is 0 Å². The van der Waals surface area contributed by atoms with Gasteiger partial charge in [0, 0.05) is 0 Å². The van der Waals surface area contributed by atoms with Crippen LogP contribution in [0, 0.1) is 0 Å². The maximum absolute atomic E-state index is 5.03. The molecule has 0 aliphatic rings. The Kier molecular flexibility index (Phi) is 6.59. The van der Waals surface area contributed by atoms with Crippen LogP contribution in [-0.2, 0) is 0 Å². The monoisotopic (exact) mass is 184 g/mol. The molecular weight excluding hydrogens is 168 g/mol. The molecule has 0 fully saturated rings. The fourth-order valence-electron chi connectivity index (χ4n) is 0.613. The molecule has 0 aliphatic carbocycles. The minimum atomic E-state index is 0.383. The van der Waals surface area contributed by atoms with E-state index in [-0.39, 0.29) is 0 Å². The van der Waals surface area contributed by atoms with Crippen LogP contribution in [0.25, 0.3) is 0 Å². The molecule has 0 radical (unpaired) electrons. The number of rotatable bonds is 3. The lowest BCUT2D eigenvalue weighted by Gasteiger charge is -2.00. The number of hydrogen-bond donors (Lipinski definition) is 0. The predicted octanol–water partition coefficient (Wildman–Crippen LogP) is 1.91. The Labute approximate surface area is 78.9 Å². The van der Waals surface area contributed by atoms with Crippen molar-refractivity contribution in [2.24, 2.45) is 0 Å². The Hall–Kier alpha value is -1.32. The second-order valence-corrected chi connectivity index (χ2v) is 1.84. The number of methoxy groups -OCH3 is 1. The van der Waals surface area contributed by atoms with E-state index in [4.69, 9.17) is 9.47 Å². The molecule has 4 heteroatoms. The highest BCUT2D eigenvalue weighted by Crippen LogP contribution is 2.07. The summed E-state index contributed by atoms with van der Waals surface area (Å²) in [6, 6.07) is 0.383. The van der Waals surface area contributed by atoms with E-state index in [2.05, 4.69) is 9.97 Å². The molecule has 1 aromatic rings. The molecule has 74 valence electrons. The van der Waals surface area contributed by atoms with Gasteiger partial charge in [-0.05, 0) is 6.92 Å². The molecule has 4 nitrogen and oxygen atoms in total. The number of hydrogen-bond acceptors (Lipinski definition) is 4. The van der Waals surface area contributed by atoms with Crippen molar-refractivity contribution in [2.75, 3.05) is 13.7 Å². The van der Waals surface area contributed by atoms with Crippen molar-refractivity contribution in [1.29, 1.82) is 0 Å². The lowest BCUT2D eigenvalue weighted by Crippen LogP contribution is -1.97. The predicted molar refractivity (Wildman–Crippen MR) is 51.1 cm³/mol. The highest BCUT2D eigenvalue weighted by Gasteiger charge is 1.95. The van der Waals surface area contributed by atoms with Crippen LogP contribution in [-0.4, -0.2) is 23.7 Å². The quantitative estimate of drug-likeness (QED) is 0.719. The first-order valence-electron chi connectivity index (χ1n) is 4.35. The molecule has 0 aromatic carbocycles. The van der Waals surface area contributed by atoms with Crippen molar-refractivity contribution in [3.8, 4) is 11.8 Å². The largest absolute Gasteiger partial charge is 0.494 e. The summed E-state index contributed by atoms with van der Waals surface area (Å²) < 4.78 is 9.89. The van der Waals surface area contributed by atoms with Crippen molar-refractivity contribution >= 4 is 0 Å². The Morgan fingerprint density at radius 2 is 1.77 bits per heavy atom. The third-order valence-electron chi connectivity index (χ3n) is 1.11. The molecule has 0 N–H and O–H groups in total. The molecule has 0 unspecified atom stereocenters. The number of aromatic nitrogens is 2.